The Morgan fingerprint density at radius 2 is 1.39 bits per heavy atom. The van der Waals surface area contributed by atoms with E-state index in [1.807, 2.05) is 0 Å². The zero-order valence-electron chi connectivity index (χ0n) is 11.7. The quantitative estimate of drug-likeness (QED) is 0.402. The van der Waals surface area contributed by atoms with E-state index in [0.717, 1.165) is 29.3 Å². The maximum Gasteiger partial charge on any atom is 0.171 e. The van der Waals surface area contributed by atoms with E-state index < -0.39 is 0 Å². The number of halogens is 1. The first-order valence-electron chi connectivity index (χ1n) is 8.05. The summed E-state index contributed by atoms with van der Waals surface area (Å²) in [4.78, 5) is 1.12. The average molecular weight is 333 g/mol. The van der Waals surface area contributed by atoms with Crippen molar-refractivity contribution in [3.05, 3.63) is 0 Å². The summed E-state index contributed by atoms with van der Waals surface area (Å²) in [5.74, 6) is 2.88. The molecule has 0 aromatic rings. The number of hydrogen-bond acceptors (Lipinski definition) is 1. The van der Waals surface area contributed by atoms with E-state index >= 15 is 0 Å². The Morgan fingerprint density at radius 3 is 1.83 bits per heavy atom. The predicted octanol–water partition coefficient (Wildman–Crippen LogP) is 4.22. The molecule has 0 aromatic heterocycles. The van der Waals surface area contributed by atoms with Gasteiger partial charge in [-0.2, -0.15) is 0 Å². The maximum atomic E-state index is 6.04. The summed E-state index contributed by atoms with van der Waals surface area (Å²) in [6.45, 7) is 1.09. The van der Waals surface area contributed by atoms with Crippen LogP contribution in [0.4, 0.5) is 0 Å². The zero-order chi connectivity index (χ0) is 12.6. The molecule has 2 aliphatic carbocycles. The molecule has 3 heteroatoms. The molecule has 18 heavy (non-hydrogen) atoms. The van der Waals surface area contributed by atoms with E-state index in [1.54, 1.807) is 0 Å². The average Bonchev–Trinajstić information content (AvgIpc) is 2.46. The highest BCUT2D eigenvalue weighted by Crippen LogP contribution is 2.39. The fourth-order valence-corrected chi connectivity index (χ4v) is 5.29. The highest BCUT2D eigenvalue weighted by atomic mass is 79.9. The second kappa shape index (κ2) is 8.75. The maximum absolute atomic E-state index is 6.04. The Hall–Kier alpha value is 0.657. The van der Waals surface area contributed by atoms with E-state index in [9.17, 15) is 0 Å². The van der Waals surface area contributed by atoms with Gasteiger partial charge in [-0.05, 0) is 17.8 Å². The van der Waals surface area contributed by atoms with Crippen LogP contribution in [-0.2, 0) is 4.43 Å². The second-order valence-corrected chi connectivity index (χ2v) is 9.80. The molecule has 0 aliphatic heterocycles. The summed E-state index contributed by atoms with van der Waals surface area (Å²) in [5.41, 5.74) is 0. The molecule has 0 heterocycles. The molecule has 0 unspecified atom stereocenters. The Morgan fingerprint density at radius 1 is 0.889 bits per heavy atom. The molecular weight excluding hydrogens is 304 g/mol. The Bertz CT molecular complexity index is 195. The van der Waals surface area contributed by atoms with Crippen LogP contribution < -0.4 is 0 Å². The molecule has 2 rings (SSSR count). The SMILES string of the molecule is BrC[SiH2]OCC(C1CCCCC1)C1CCCCC1. The van der Waals surface area contributed by atoms with Crippen LogP contribution in [0.2, 0.25) is 0 Å². The molecule has 0 spiro atoms. The lowest BCUT2D eigenvalue weighted by atomic mass is 9.70. The van der Waals surface area contributed by atoms with Crippen LogP contribution in [0.3, 0.4) is 0 Å². The molecule has 0 atom stereocenters. The number of hydrogen-bond donors (Lipinski definition) is 0. The Labute approximate surface area is 124 Å². The van der Waals surface area contributed by atoms with Crippen molar-refractivity contribution < 1.29 is 4.43 Å². The van der Waals surface area contributed by atoms with Crippen LogP contribution in [0.25, 0.3) is 0 Å². The van der Waals surface area contributed by atoms with Crippen molar-refractivity contribution in [3.63, 3.8) is 0 Å². The standard InChI is InChI=1S/C15H29BrOSi/c16-12-18-17-11-15(13-7-3-1-4-8-13)14-9-5-2-6-10-14/h13-15H,1-12,18H2. The lowest BCUT2D eigenvalue weighted by molar-refractivity contribution is 0.0914. The van der Waals surface area contributed by atoms with Gasteiger partial charge in [-0.15, -0.1) is 0 Å². The minimum absolute atomic E-state index is 0.276. The third-order valence-electron chi connectivity index (χ3n) is 5.04. The van der Waals surface area contributed by atoms with Gasteiger partial charge in [-0.3, -0.25) is 0 Å². The van der Waals surface area contributed by atoms with Gasteiger partial charge < -0.3 is 4.43 Å². The summed E-state index contributed by atoms with van der Waals surface area (Å²) in [6.07, 6.45) is 14.8. The van der Waals surface area contributed by atoms with Gasteiger partial charge in [0.05, 0.1) is 0 Å². The van der Waals surface area contributed by atoms with Gasteiger partial charge in [0.25, 0.3) is 0 Å². The minimum atomic E-state index is -0.276. The monoisotopic (exact) mass is 332 g/mol. The third-order valence-corrected chi connectivity index (χ3v) is 6.69. The van der Waals surface area contributed by atoms with Gasteiger partial charge in [-0.25, -0.2) is 0 Å². The van der Waals surface area contributed by atoms with Crippen molar-refractivity contribution in [3.8, 4) is 0 Å². The van der Waals surface area contributed by atoms with Gasteiger partial charge in [0.1, 0.15) is 0 Å². The summed E-state index contributed by atoms with van der Waals surface area (Å²) in [5, 5.41) is 0. The normalized spacial score (nSPS) is 24.3. The third kappa shape index (κ3) is 4.64. The van der Waals surface area contributed by atoms with Crippen molar-refractivity contribution in [2.75, 3.05) is 11.6 Å². The fraction of sp³-hybridized carbons (Fsp3) is 1.00. The molecule has 0 bridgehead atoms. The van der Waals surface area contributed by atoms with Crippen LogP contribution in [0, 0.1) is 17.8 Å². The Balaban J connectivity index is 1.87. The van der Waals surface area contributed by atoms with Gasteiger partial charge in [-0.1, -0.05) is 80.1 Å². The summed E-state index contributed by atoms with van der Waals surface area (Å²) >= 11 is 3.53. The van der Waals surface area contributed by atoms with Crippen LogP contribution >= 0.6 is 15.9 Å². The molecule has 1 nitrogen and oxygen atoms in total. The van der Waals surface area contributed by atoms with Crippen LogP contribution in [0.1, 0.15) is 64.2 Å². The van der Waals surface area contributed by atoms with Gasteiger partial charge in [0.15, 0.2) is 9.76 Å². The van der Waals surface area contributed by atoms with Crippen LogP contribution in [0.5, 0.6) is 0 Å². The molecule has 0 N–H and O–H groups in total. The molecular formula is C15H29BrOSi. The van der Waals surface area contributed by atoms with Crippen molar-refractivity contribution in [2.45, 2.75) is 64.2 Å². The van der Waals surface area contributed by atoms with Crippen molar-refractivity contribution >= 4 is 25.7 Å². The van der Waals surface area contributed by atoms with Crippen molar-refractivity contribution in [1.82, 2.24) is 0 Å². The van der Waals surface area contributed by atoms with E-state index in [2.05, 4.69) is 15.9 Å². The fourth-order valence-electron chi connectivity index (χ4n) is 4.06. The van der Waals surface area contributed by atoms with E-state index in [-0.39, 0.29) is 9.76 Å². The van der Waals surface area contributed by atoms with E-state index in [0.29, 0.717) is 0 Å². The van der Waals surface area contributed by atoms with Crippen molar-refractivity contribution in [2.24, 2.45) is 17.8 Å². The molecule has 2 saturated carbocycles. The van der Waals surface area contributed by atoms with Crippen LogP contribution in [0.15, 0.2) is 0 Å². The summed E-state index contributed by atoms with van der Waals surface area (Å²) in [6, 6.07) is 0. The number of alkyl halides is 1. The highest BCUT2D eigenvalue weighted by Gasteiger charge is 2.31. The highest BCUT2D eigenvalue weighted by molar-refractivity contribution is 9.09. The van der Waals surface area contributed by atoms with Gasteiger partial charge in [0.2, 0.25) is 0 Å². The first-order chi connectivity index (χ1) is 8.92. The topological polar surface area (TPSA) is 9.23 Å². The Kier molecular flexibility index (Phi) is 7.32. The van der Waals surface area contributed by atoms with Gasteiger partial charge in [0, 0.05) is 11.6 Å². The molecule has 0 amide bonds. The molecule has 106 valence electrons. The number of rotatable bonds is 6. The first kappa shape index (κ1) is 15.1. The first-order valence-corrected chi connectivity index (χ1v) is 10.8. The van der Waals surface area contributed by atoms with Gasteiger partial charge >= 0.3 is 0 Å². The predicted molar refractivity (Wildman–Crippen MR) is 84.9 cm³/mol. The summed E-state index contributed by atoms with van der Waals surface area (Å²) < 4.78 is 6.04. The second-order valence-electron chi connectivity index (χ2n) is 6.22. The smallest absolute Gasteiger partial charge is 0.171 e. The largest absolute Gasteiger partial charge is 0.423 e. The lowest BCUT2D eigenvalue weighted by Gasteiger charge is -2.37. The van der Waals surface area contributed by atoms with Crippen molar-refractivity contribution in [1.29, 1.82) is 0 Å². The van der Waals surface area contributed by atoms with E-state index in [1.165, 1.54) is 64.2 Å². The molecule has 2 fully saturated rings. The molecule has 0 radical (unpaired) electrons. The molecule has 0 aromatic carbocycles. The summed E-state index contributed by atoms with van der Waals surface area (Å²) in [7, 11) is -0.276. The lowest BCUT2D eigenvalue weighted by Crippen LogP contribution is -2.31. The zero-order valence-corrected chi connectivity index (χ0v) is 14.7. The van der Waals surface area contributed by atoms with E-state index in [4.69, 9.17) is 4.43 Å². The molecule has 0 saturated heterocycles. The minimum Gasteiger partial charge on any atom is -0.423 e. The molecule has 2 aliphatic rings. The van der Waals surface area contributed by atoms with Crippen LogP contribution in [-0.4, -0.2) is 21.3 Å².